The van der Waals surface area contributed by atoms with E-state index < -0.39 is 0 Å². The van der Waals surface area contributed by atoms with Gasteiger partial charge in [0, 0.05) is 38.5 Å². The van der Waals surface area contributed by atoms with Crippen LogP contribution in [-0.2, 0) is 6.42 Å². The van der Waals surface area contributed by atoms with E-state index >= 15 is 0 Å². The standard InChI is InChI=1S/C17H26N2O2S/c1-20-17-12-14(4-8-19-9-6-18-7-10-19)2-3-16(17)21-15-5-11-22-13-15/h2-3,12,15,18H,4-11,13H2,1H3. The minimum atomic E-state index is 0.339. The van der Waals surface area contributed by atoms with Gasteiger partial charge in [-0.3, -0.25) is 0 Å². The highest BCUT2D eigenvalue weighted by Gasteiger charge is 2.19. The zero-order valence-electron chi connectivity index (χ0n) is 13.3. The van der Waals surface area contributed by atoms with Gasteiger partial charge in [-0.25, -0.2) is 0 Å². The Morgan fingerprint density at radius 3 is 2.86 bits per heavy atom. The Hall–Kier alpha value is -0.910. The predicted octanol–water partition coefficient (Wildman–Crippen LogP) is 2.03. The molecule has 2 heterocycles. The van der Waals surface area contributed by atoms with Gasteiger partial charge in [0.25, 0.3) is 0 Å². The Labute approximate surface area is 137 Å². The maximum absolute atomic E-state index is 6.08. The topological polar surface area (TPSA) is 33.7 Å². The summed E-state index contributed by atoms with van der Waals surface area (Å²) in [7, 11) is 1.73. The van der Waals surface area contributed by atoms with Crippen LogP contribution in [0, 0.1) is 0 Å². The summed E-state index contributed by atoms with van der Waals surface area (Å²) in [5.74, 6) is 4.06. The van der Waals surface area contributed by atoms with E-state index in [1.165, 1.54) is 11.3 Å². The summed E-state index contributed by atoms with van der Waals surface area (Å²) in [5.41, 5.74) is 1.32. The van der Waals surface area contributed by atoms with Crippen molar-refractivity contribution in [1.82, 2.24) is 10.2 Å². The largest absolute Gasteiger partial charge is 0.493 e. The Morgan fingerprint density at radius 1 is 1.27 bits per heavy atom. The van der Waals surface area contributed by atoms with Crippen LogP contribution in [0.5, 0.6) is 11.5 Å². The van der Waals surface area contributed by atoms with Crippen LogP contribution in [-0.4, -0.2) is 62.3 Å². The van der Waals surface area contributed by atoms with Gasteiger partial charge < -0.3 is 19.7 Å². The van der Waals surface area contributed by atoms with Crippen molar-refractivity contribution in [3.63, 3.8) is 0 Å². The summed E-state index contributed by atoms with van der Waals surface area (Å²) in [6.45, 7) is 5.63. The van der Waals surface area contributed by atoms with E-state index in [0.29, 0.717) is 6.10 Å². The van der Waals surface area contributed by atoms with E-state index in [0.717, 1.165) is 62.8 Å². The van der Waals surface area contributed by atoms with Crippen molar-refractivity contribution in [2.24, 2.45) is 0 Å². The van der Waals surface area contributed by atoms with Crippen LogP contribution in [0.3, 0.4) is 0 Å². The van der Waals surface area contributed by atoms with Crippen LogP contribution in [0.25, 0.3) is 0 Å². The first kappa shape index (κ1) is 16.0. The predicted molar refractivity (Wildman–Crippen MR) is 92.4 cm³/mol. The normalized spacial score (nSPS) is 22.7. The smallest absolute Gasteiger partial charge is 0.161 e. The molecule has 1 N–H and O–H groups in total. The number of piperazine rings is 1. The highest BCUT2D eigenvalue weighted by molar-refractivity contribution is 7.99. The number of hydrogen-bond acceptors (Lipinski definition) is 5. The van der Waals surface area contributed by atoms with Gasteiger partial charge in [0.15, 0.2) is 11.5 Å². The van der Waals surface area contributed by atoms with Crippen molar-refractivity contribution in [3.8, 4) is 11.5 Å². The van der Waals surface area contributed by atoms with Crippen LogP contribution in [0.1, 0.15) is 12.0 Å². The number of rotatable bonds is 6. The molecule has 2 saturated heterocycles. The molecule has 0 spiro atoms. The molecule has 4 nitrogen and oxygen atoms in total. The fourth-order valence-electron chi connectivity index (χ4n) is 2.97. The first-order valence-corrected chi connectivity index (χ1v) is 9.35. The molecule has 5 heteroatoms. The number of hydrogen-bond donors (Lipinski definition) is 1. The molecule has 1 unspecified atom stereocenters. The van der Waals surface area contributed by atoms with E-state index in [9.17, 15) is 0 Å². The third-order valence-electron chi connectivity index (χ3n) is 4.34. The third-order valence-corrected chi connectivity index (χ3v) is 5.47. The molecule has 0 aromatic heterocycles. The number of thioether (sulfide) groups is 1. The molecule has 2 aliphatic rings. The van der Waals surface area contributed by atoms with Gasteiger partial charge in [-0.05, 0) is 36.3 Å². The van der Waals surface area contributed by atoms with Crippen molar-refractivity contribution in [3.05, 3.63) is 23.8 Å². The SMILES string of the molecule is COc1cc(CCN2CCNCC2)ccc1OC1CCSC1. The maximum Gasteiger partial charge on any atom is 0.161 e. The van der Waals surface area contributed by atoms with Crippen LogP contribution >= 0.6 is 11.8 Å². The second-order valence-corrected chi connectivity index (χ2v) is 7.08. The van der Waals surface area contributed by atoms with Crippen molar-refractivity contribution < 1.29 is 9.47 Å². The Morgan fingerprint density at radius 2 is 2.14 bits per heavy atom. The molecule has 1 aromatic carbocycles. The molecule has 2 fully saturated rings. The number of benzene rings is 1. The van der Waals surface area contributed by atoms with Crippen LogP contribution < -0.4 is 14.8 Å². The van der Waals surface area contributed by atoms with Gasteiger partial charge in [-0.2, -0.15) is 11.8 Å². The summed E-state index contributed by atoms with van der Waals surface area (Å²) in [6, 6.07) is 6.40. The number of methoxy groups -OCH3 is 1. The second-order valence-electron chi connectivity index (χ2n) is 5.93. The maximum atomic E-state index is 6.08. The highest BCUT2D eigenvalue weighted by Crippen LogP contribution is 2.32. The fourth-order valence-corrected chi connectivity index (χ4v) is 4.07. The lowest BCUT2D eigenvalue weighted by atomic mass is 10.1. The fraction of sp³-hybridized carbons (Fsp3) is 0.647. The summed E-state index contributed by atoms with van der Waals surface area (Å²) in [6.07, 6.45) is 2.54. The lowest BCUT2D eigenvalue weighted by molar-refractivity contribution is 0.218. The van der Waals surface area contributed by atoms with Gasteiger partial charge in [0.05, 0.1) is 7.11 Å². The molecule has 122 valence electrons. The quantitative estimate of drug-likeness (QED) is 0.867. The summed E-state index contributed by atoms with van der Waals surface area (Å²) in [5, 5.41) is 3.39. The van der Waals surface area contributed by atoms with E-state index in [-0.39, 0.29) is 0 Å². The summed E-state index contributed by atoms with van der Waals surface area (Å²) >= 11 is 1.97. The van der Waals surface area contributed by atoms with Crippen molar-refractivity contribution >= 4 is 11.8 Å². The van der Waals surface area contributed by atoms with Gasteiger partial charge in [0.2, 0.25) is 0 Å². The Bertz CT molecular complexity index is 472. The minimum Gasteiger partial charge on any atom is -0.493 e. The van der Waals surface area contributed by atoms with E-state index in [2.05, 4.69) is 28.4 Å². The van der Waals surface area contributed by atoms with Crippen LogP contribution in [0.15, 0.2) is 18.2 Å². The zero-order chi connectivity index (χ0) is 15.2. The summed E-state index contributed by atoms with van der Waals surface area (Å²) < 4.78 is 11.6. The van der Waals surface area contributed by atoms with Gasteiger partial charge >= 0.3 is 0 Å². The third kappa shape index (κ3) is 4.31. The molecule has 3 rings (SSSR count). The number of nitrogens with one attached hydrogen (secondary N) is 1. The molecule has 1 aromatic rings. The molecule has 1 atom stereocenters. The average Bonchev–Trinajstić information content (AvgIpc) is 3.08. The molecule has 0 saturated carbocycles. The Balaban J connectivity index is 1.57. The van der Waals surface area contributed by atoms with Crippen molar-refractivity contribution in [2.75, 3.05) is 51.3 Å². The molecule has 2 aliphatic heterocycles. The molecule has 0 amide bonds. The zero-order valence-corrected chi connectivity index (χ0v) is 14.2. The number of nitrogens with zero attached hydrogens (tertiary/aromatic N) is 1. The molecule has 0 aliphatic carbocycles. The van der Waals surface area contributed by atoms with Gasteiger partial charge in [-0.1, -0.05) is 6.07 Å². The second kappa shape index (κ2) is 8.09. The first-order chi connectivity index (χ1) is 10.8. The van der Waals surface area contributed by atoms with Crippen LogP contribution in [0.2, 0.25) is 0 Å². The Kier molecular flexibility index (Phi) is 5.87. The van der Waals surface area contributed by atoms with Gasteiger partial charge in [0.1, 0.15) is 6.10 Å². The lowest BCUT2D eigenvalue weighted by Crippen LogP contribution is -2.44. The monoisotopic (exact) mass is 322 g/mol. The first-order valence-electron chi connectivity index (χ1n) is 8.19. The van der Waals surface area contributed by atoms with E-state index in [4.69, 9.17) is 9.47 Å². The highest BCUT2D eigenvalue weighted by atomic mass is 32.2. The van der Waals surface area contributed by atoms with E-state index in [1.807, 2.05) is 11.8 Å². The summed E-state index contributed by atoms with van der Waals surface area (Å²) in [4.78, 5) is 2.52. The van der Waals surface area contributed by atoms with E-state index in [1.54, 1.807) is 7.11 Å². The van der Waals surface area contributed by atoms with Crippen LogP contribution in [0.4, 0.5) is 0 Å². The molecule has 22 heavy (non-hydrogen) atoms. The van der Waals surface area contributed by atoms with Gasteiger partial charge in [-0.15, -0.1) is 0 Å². The molecular weight excluding hydrogens is 296 g/mol. The van der Waals surface area contributed by atoms with Crippen molar-refractivity contribution in [1.29, 1.82) is 0 Å². The lowest BCUT2D eigenvalue weighted by Gasteiger charge is -2.27. The minimum absolute atomic E-state index is 0.339. The molecular formula is C17H26N2O2S. The van der Waals surface area contributed by atoms with Crippen molar-refractivity contribution in [2.45, 2.75) is 18.9 Å². The average molecular weight is 322 g/mol. The molecule has 0 radical (unpaired) electrons. The molecule has 0 bridgehead atoms. The number of ether oxygens (including phenoxy) is 2.